The SMILES string of the molecule is COc1cc2c(c3c1c(=O)c1cc4ccccc4cc1n3C)[C@@H](OC(C)=O)[C@@H](OC(=O)CC(C)C)C(C)(C)O2. The molecule has 1 aliphatic rings. The summed E-state index contributed by atoms with van der Waals surface area (Å²) < 4.78 is 25.8. The largest absolute Gasteiger partial charge is 0.496 e. The number of nitrogens with zero attached hydrogens (tertiary/aromatic N) is 1. The molecular weight excluding hydrogens is 498 g/mol. The third-order valence-corrected chi connectivity index (χ3v) is 7.26. The van der Waals surface area contributed by atoms with Gasteiger partial charge in [0.1, 0.15) is 17.1 Å². The van der Waals surface area contributed by atoms with E-state index in [0.29, 0.717) is 38.9 Å². The number of aryl methyl sites for hydroxylation is 1. The second-order valence-corrected chi connectivity index (χ2v) is 11.1. The fourth-order valence-corrected chi connectivity index (χ4v) is 5.55. The normalized spacial score (nSPS) is 18.2. The van der Waals surface area contributed by atoms with Crippen molar-refractivity contribution in [2.45, 2.75) is 58.8 Å². The number of carbonyl (C=O) groups excluding carboxylic acids is 2. The van der Waals surface area contributed by atoms with E-state index < -0.39 is 29.7 Å². The first kappa shape index (κ1) is 26.5. The molecule has 2 atom stereocenters. The average Bonchev–Trinajstić information content (AvgIpc) is 2.86. The highest BCUT2D eigenvalue weighted by molar-refractivity contribution is 6.04. The Balaban J connectivity index is 1.87. The van der Waals surface area contributed by atoms with Crippen LogP contribution in [0.3, 0.4) is 0 Å². The van der Waals surface area contributed by atoms with Gasteiger partial charge in [0.2, 0.25) is 5.43 Å². The fourth-order valence-electron chi connectivity index (χ4n) is 5.55. The van der Waals surface area contributed by atoms with Crippen LogP contribution in [-0.2, 0) is 26.1 Å². The number of ether oxygens (including phenoxy) is 4. The Labute approximate surface area is 226 Å². The molecule has 0 amide bonds. The number of hydrogen-bond acceptors (Lipinski definition) is 7. The first-order valence-corrected chi connectivity index (χ1v) is 13.0. The van der Waals surface area contributed by atoms with Gasteiger partial charge in [-0.3, -0.25) is 14.4 Å². The molecule has 1 aliphatic heterocycles. The van der Waals surface area contributed by atoms with Gasteiger partial charge in [-0.05, 0) is 42.7 Å². The molecule has 5 rings (SSSR count). The lowest BCUT2D eigenvalue weighted by Gasteiger charge is -2.43. The van der Waals surface area contributed by atoms with Crippen molar-refractivity contribution in [1.82, 2.24) is 4.57 Å². The molecule has 0 aliphatic carbocycles. The molecule has 4 aromatic rings. The van der Waals surface area contributed by atoms with Crippen molar-refractivity contribution in [3.63, 3.8) is 0 Å². The number of hydrogen-bond donors (Lipinski definition) is 0. The van der Waals surface area contributed by atoms with Crippen LogP contribution in [-0.4, -0.2) is 35.3 Å². The Hall–Kier alpha value is -4.07. The topological polar surface area (TPSA) is 93.1 Å². The number of pyridine rings is 1. The molecule has 0 saturated heterocycles. The van der Waals surface area contributed by atoms with Gasteiger partial charge in [0.25, 0.3) is 0 Å². The molecule has 0 fully saturated rings. The lowest BCUT2D eigenvalue weighted by molar-refractivity contribution is -0.189. The van der Waals surface area contributed by atoms with Crippen LogP contribution >= 0.6 is 0 Å². The van der Waals surface area contributed by atoms with Gasteiger partial charge >= 0.3 is 11.9 Å². The van der Waals surface area contributed by atoms with Gasteiger partial charge in [-0.15, -0.1) is 0 Å². The maximum atomic E-state index is 14.1. The van der Waals surface area contributed by atoms with Crippen LogP contribution in [0.5, 0.6) is 11.5 Å². The molecule has 0 saturated carbocycles. The van der Waals surface area contributed by atoms with E-state index >= 15 is 0 Å². The summed E-state index contributed by atoms with van der Waals surface area (Å²) in [5.41, 5.74) is 0.371. The van der Waals surface area contributed by atoms with Gasteiger partial charge in [0.05, 0.1) is 29.1 Å². The molecule has 2 heterocycles. The summed E-state index contributed by atoms with van der Waals surface area (Å²) >= 11 is 0. The number of esters is 2. The number of aromatic nitrogens is 1. The van der Waals surface area contributed by atoms with Crippen LogP contribution < -0.4 is 14.9 Å². The van der Waals surface area contributed by atoms with Crippen LogP contribution in [0.25, 0.3) is 32.6 Å². The van der Waals surface area contributed by atoms with E-state index in [1.54, 1.807) is 19.9 Å². The molecule has 0 bridgehead atoms. The van der Waals surface area contributed by atoms with Gasteiger partial charge in [0.15, 0.2) is 12.2 Å². The van der Waals surface area contributed by atoms with Crippen LogP contribution in [0, 0.1) is 5.92 Å². The molecule has 0 spiro atoms. The molecule has 0 unspecified atom stereocenters. The van der Waals surface area contributed by atoms with E-state index in [1.165, 1.54) is 14.0 Å². The predicted molar refractivity (Wildman–Crippen MR) is 149 cm³/mol. The Morgan fingerprint density at radius 2 is 1.74 bits per heavy atom. The van der Waals surface area contributed by atoms with Gasteiger partial charge < -0.3 is 23.5 Å². The number of carbonyl (C=O) groups is 2. The summed E-state index contributed by atoms with van der Waals surface area (Å²) in [7, 11) is 3.35. The van der Waals surface area contributed by atoms with E-state index in [0.717, 1.165) is 10.8 Å². The predicted octanol–water partition coefficient (Wildman–Crippen LogP) is 5.59. The highest BCUT2D eigenvalue weighted by Crippen LogP contribution is 2.49. The maximum Gasteiger partial charge on any atom is 0.306 e. The molecule has 0 radical (unpaired) electrons. The molecular formula is C31H33NO7. The first-order chi connectivity index (χ1) is 18.4. The molecule has 204 valence electrons. The summed E-state index contributed by atoms with van der Waals surface area (Å²) in [6, 6.07) is 13.3. The van der Waals surface area contributed by atoms with Crippen molar-refractivity contribution in [3.8, 4) is 11.5 Å². The number of fused-ring (bicyclic) bond motifs is 5. The summed E-state index contributed by atoms with van der Waals surface area (Å²) in [6.07, 6.45) is -1.78. The molecule has 39 heavy (non-hydrogen) atoms. The maximum absolute atomic E-state index is 14.1. The average molecular weight is 532 g/mol. The first-order valence-electron chi connectivity index (χ1n) is 13.0. The zero-order valence-corrected chi connectivity index (χ0v) is 23.3. The highest BCUT2D eigenvalue weighted by Gasteiger charge is 2.50. The summed E-state index contributed by atoms with van der Waals surface area (Å²) in [5.74, 6) is -0.157. The summed E-state index contributed by atoms with van der Waals surface area (Å²) in [6.45, 7) is 8.71. The van der Waals surface area contributed by atoms with Crippen LogP contribution in [0.4, 0.5) is 0 Å². The van der Waals surface area contributed by atoms with Crippen LogP contribution in [0.15, 0.2) is 47.3 Å². The Morgan fingerprint density at radius 3 is 2.36 bits per heavy atom. The second kappa shape index (κ2) is 9.59. The van der Waals surface area contributed by atoms with Crippen molar-refractivity contribution in [1.29, 1.82) is 0 Å². The van der Waals surface area contributed by atoms with Crippen molar-refractivity contribution < 1.29 is 28.5 Å². The number of methoxy groups -OCH3 is 1. The molecule has 3 aromatic carbocycles. The van der Waals surface area contributed by atoms with E-state index in [2.05, 4.69) is 0 Å². The van der Waals surface area contributed by atoms with Crippen LogP contribution in [0.1, 0.15) is 52.7 Å². The van der Waals surface area contributed by atoms with Gasteiger partial charge in [-0.25, -0.2) is 0 Å². The molecule has 8 heteroatoms. The van der Waals surface area contributed by atoms with E-state index in [1.807, 2.05) is 61.9 Å². The highest BCUT2D eigenvalue weighted by atomic mass is 16.6. The quantitative estimate of drug-likeness (QED) is 0.245. The Morgan fingerprint density at radius 1 is 1.08 bits per heavy atom. The van der Waals surface area contributed by atoms with Gasteiger partial charge in [-0.2, -0.15) is 0 Å². The Bertz CT molecular complexity index is 1700. The van der Waals surface area contributed by atoms with Crippen molar-refractivity contribution in [2.75, 3.05) is 7.11 Å². The third kappa shape index (κ3) is 4.47. The smallest absolute Gasteiger partial charge is 0.306 e. The van der Waals surface area contributed by atoms with Gasteiger partial charge in [-0.1, -0.05) is 38.1 Å². The fraction of sp³-hybridized carbons (Fsp3) is 0.387. The minimum absolute atomic E-state index is 0.0803. The van der Waals surface area contributed by atoms with E-state index in [9.17, 15) is 14.4 Å². The van der Waals surface area contributed by atoms with E-state index in [-0.39, 0.29) is 17.8 Å². The Kier molecular flexibility index (Phi) is 6.53. The standard InChI is InChI=1S/C31H33NO7/c1-16(2)12-24(34)38-30-29(37-17(3)33)26-23(39-31(30,4)5)15-22(36-7)25-27(26)32(6)21-14-19-11-9-8-10-18(19)13-20(21)28(25)35/h8-11,13-16,29-30H,12H2,1-7H3/t29-,30-/m1/s1. The van der Waals surface area contributed by atoms with Crippen molar-refractivity contribution >= 4 is 44.5 Å². The zero-order valence-electron chi connectivity index (χ0n) is 23.3. The lowest BCUT2D eigenvalue weighted by atomic mass is 9.86. The zero-order chi connectivity index (χ0) is 28.2. The van der Waals surface area contributed by atoms with Crippen molar-refractivity contribution in [2.24, 2.45) is 13.0 Å². The third-order valence-electron chi connectivity index (χ3n) is 7.26. The number of rotatable bonds is 5. The molecule has 0 N–H and O–H groups in total. The minimum atomic E-state index is -1.05. The molecule has 1 aromatic heterocycles. The lowest BCUT2D eigenvalue weighted by Crippen LogP contribution is -2.52. The molecule has 8 nitrogen and oxygen atoms in total. The van der Waals surface area contributed by atoms with E-state index in [4.69, 9.17) is 18.9 Å². The second-order valence-electron chi connectivity index (χ2n) is 11.1. The van der Waals surface area contributed by atoms with Crippen LogP contribution in [0.2, 0.25) is 0 Å². The van der Waals surface area contributed by atoms with Crippen molar-refractivity contribution in [3.05, 3.63) is 58.3 Å². The monoisotopic (exact) mass is 531 g/mol. The summed E-state index contributed by atoms with van der Waals surface area (Å²) in [5, 5.41) is 2.78. The summed E-state index contributed by atoms with van der Waals surface area (Å²) in [4.78, 5) is 39.3. The minimum Gasteiger partial charge on any atom is -0.496 e. The number of benzene rings is 3. The van der Waals surface area contributed by atoms with Gasteiger partial charge in [0, 0.05) is 31.8 Å².